The van der Waals surface area contributed by atoms with Crippen LogP contribution < -0.4 is 4.72 Å². The van der Waals surface area contributed by atoms with Crippen LogP contribution in [0.5, 0.6) is 0 Å². The average molecular weight is 341 g/mol. The summed E-state index contributed by atoms with van der Waals surface area (Å²) in [6.07, 6.45) is 0. The van der Waals surface area contributed by atoms with Crippen molar-refractivity contribution in [2.75, 3.05) is 6.54 Å². The van der Waals surface area contributed by atoms with Crippen LogP contribution in [0.3, 0.4) is 0 Å². The van der Waals surface area contributed by atoms with Crippen LogP contribution in [0.2, 0.25) is 0 Å². The summed E-state index contributed by atoms with van der Waals surface area (Å²) < 4.78 is 52.9. The van der Waals surface area contributed by atoms with Gasteiger partial charge in [-0.05, 0) is 55.3 Å². The highest BCUT2D eigenvalue weighted by Crippen LogP contribution is 2.21. The molecule has 0 aromatic heterocycles. The van der Waals surface area contributed by atoms with Gasteiger partial charge in [-0.15, -0.1) is 0 Å². The van der Waals surface area contributed by atoms with Gasteiger partial charge in [-0.1, -0.05) is 12.1 Å². The summed E-state index contributed by atoms with van der Waals surface area (Å²) in [6.45, 7) is 2.57. The molecule has 0 aliphatic heterocycles. The second-order valence-electron chi connectivity index (χ2n) is 5.52. The van der Waals surface area contributed by atoms with Gasteiger partial charge in [0, 0.05) is 6.54 Å². The lowest BCUT2D eigenvalue weighted by molar-refractivity contribution is 0.0627. The molecule has 0 fully saturated rings. The highest BCUT2D eigenvalue weighted by atomic mass is 32.2. The number of aliphatic hydroxyl groups is 1. The number of rotatable bonds is 5. The standard InChI is InChI=1S/C16H17F2NO3S/c1-11-9-14(7-8-15(11)18)23(21,22)19-10-16(2,20)12-3-5-13(17)6-4-12/h3-9,19-20H,10H2,1-2H3. The lowest BCUT2D eigenvalue weighted by Gasteiger charge is -2.24. The molecule has 23 heavy (non-hydrogen) atoms. The van der Waals surface area contributed by atoms with Gasteiger partial charge in [-0.2, -0.15) is 0 Å². The molecule has 2 N–H and O–H groups in total. The smallest absolute Gasteiger partial charge is 0.240 e. The van der Waals surface area contributed by atoms with Crippen LogP contribution >= 0.6 is 0 Å². The molecule has 1 unspecified atom stereocenters. The molecule has 0 amide bonds. The molecule has 0 saturated heterocycles. The monoisotopic (exact) mass is 341 g/mol. The summed E-state index contributed by atoms with van der Waals surface area (Å²) in [7, 11) is -3.90. The van der Waals surface area contributed by atoms with E-state index in [-0.39, 0.29) is 17.0 Å². The van der Waals surface area contributed by atoms with Crippen LogP contribution in [0.1, 0.15) is 18.1 Å². The Morgan fingerprint density at radius 3 is 2.30 bits per heavy atom. The largest absolute Gasteiger partial charge is 0.384 e. The molecule has 4 nitrogen and oxygen atoms in total. The maximum absolute atomic E-state index is 13.2. The van der Waals surface area contributed by atoms with Gasteiger partial charge >= 0.3 is 0 Å². The van der Waals surface area contributed by atoms with E-state index < -0.39 is 27.3 Å². The molecule has 0 aliphatic rings. The summed E-state index contributed by atoms with van der Waals surface area (Å²) in [6, 6.07) is 8.56. The van der Waals surface area contributed by atoms with Crippen LogP contribution in [0.15, 0.2) is 47.4 Å². The van der Waals surface area contributed by atoms with Crippen molar-refractivity contribution in [1.82, 2.24) is 4.72 Å². The van der Waals surface area contributed by atoms with E-state index in [1.807, 2.05) is 0 Å². The van der Waals surface area contributed by atoms with E-state index in [0.29, 0.717) is 5.56 Å². The maximum atomic E-state index is 13.2. The second-order valence-corrected chi connectivity index (χ2v) is 7.28. The van der Waals surface area contributed by atoms with Crippen LogP contribution in [-0.2, 0) is 15.6 Å². The molecule has 0 saturated carbocycles. The Morgan fingerprint density at radius 2 is 1.74 bits per heavy atom. The molecule has 0 aliphatic carbocycles. The van der Waals surface area contributed by atoms with E-state index in [2.05, 4.69) is 4.72 Å². The van der Waals surface area contributed by atoms with Crippen molar-refractivity contribution >= 4 is 10.0 Å². The van der Waals surface area contributed by atoms with E-state index in [0.717, 1.165) is 12.1 Å². The third-order valence-electron chi connectivity index (χ3n) is 3.51. The lowest BCUT2D eigenvalue weighted by atomic mass is 9.96. The molecule has 0 spiro atoms. The molecular weight excluding hydrogens is 324 g/mol. The highest BCUT2D eigenvalue weighted by molar-refractivity contribution is 7.89. The summed E-state index contributed by atoms with van der Waals surface area (Å²) >= 11 is 0. The Kier molecular flexibility index (Phi) is 4.84. The topological polar surface area (TPSA) is 66.4 Å². The highest BCUT2D eigenvalue weighted by Gasteiger charge is 2.26. The SMILES string of the molecule is Cc1cc(S(=O)(=O)NCC(C)(O)c2ccc(F)cc2)ccc1F. The summed E-state index contributed by atoms with van der Waals surface area (Å²) in [5.74, 6) is -0.950. The van der Waals surface area contributed by atoms with Gasteiger partial charge in [0.05, 0.1) is 4.90 Å². The number of aryl methyl sites for hydroxylation is 1. The predicted octanol–water partition coefficient (Wildman–Crippen LogP) is 2.46. The second kappa shape index (κ2) is 6.35. The minimum absolute atomic E-state index is 0.0914. The van der Waals surface area contributed by atoms with Crippen molar-refractivity contribution in [1.29, 1.82) is 0 Å². The molecule has 2 aromatic rings. The van der Waals surface area contributed by atoms with Crippen LogP contribution in [0.4, 0.5) is 8.78 Å². The van der Waals surface area contributed by atoms with Gasteiger partial charge < -0.3 is 5.11 Å². The quantitative estimate of drug-likeness (QED) is 0.878. The number of benzene rings is 2. The zero-order valence-electron chi connectivity index (χ0n) is 12.7. The van der Waals surface area contributed by atoms with Crippen molar-refractivity contribution in [3.8, 4) is 0 Å². The number of hydrogen-bond donors (Lipinski definition) is 2. The number of sulfonamides is 1. The maximum Gasteiger partial charge on any atom is 0.240 e. The molecule has 124 valence electrons. The van der Waals surface area contributed by atoms with Gasteiger partial charge in [0.2, 0.25) is 10.0 Å². The Labute approximate surface area is 133 Å². The number of nitrogens with one attached hydrogen (secondary N) is 1. The Morgan fingerprint density at radius 1 is 1.13 bits per heavy atom. The zero-order chi connectivity index (χ0) is 17.3. The van der Waals surface area contributed by atoms with Crippen LogP contribution in [0, 0.1) is 18.6 Å². The van der Waals surface area contributed by atoms with Gasteiger partial charge in [0.1, 0.15) is 17.2 Å². The summed E-state index contributed by atoms with van der Waals surface area (Å²) in [5, 5.41) is 10.4. The van der Waals surface area contributed by atoms with Crippen molar-refractivity contribution < 1.29 is 22.3 Å². The molecular formula is C16H17F2NO3S. The molecule has 1 atom stereocenters. The Balaban J connectivity index is 2.17. The van der Waals surface area contributed by atoms with E-state index in [9.17, 15) is 22.3 Å². The van der Waals surface area contributed by atoms with Gasteiger partial charge in [-0.25, -0.2) is 21.9 Å². The van der Waals surface area contributed by atoms with E-state index in [1.54, 1.807) is 0 Å². The minimum atomic E-state index is -3.90. The average Bonchev–Trinajstić information content (AvgIpc) is 2.48. The normalized spacial score (nSPS) is 14.5. The van der Waals surface area contributed by atoms with Gasteiger partial charge in [0.25, 0.3) is 0 Å². The minimum Gasteiger partial charge on any atom is -0.384 e. The Bertz CT molecular complexity index is 803. The van der Waals surface area contributed by atoms with Gasteiger partial charge in [0.15, 0.2) is 0 Å². The first-order chi connectivity index (χ1) is 10.6. The van der Waals surface area contributed by atoms with Crippen molar-refractivity contribution in [2.24, 2.45) is 0 Å². The molecule has 0 radical (unpaired) electrons. The van der Waals surface area contributed by atoms with Crippen LogP contribution in [-0.4, -0.2) is 20.1 Å². The zero-order valence-corrected chi connectivity index (χ0v) is 13.5. The third kappa shape index (κ3) is 4.13. The predicted molar refractivity (Wildman–Crippen MR) is 82.3 cm³/mol. The summed E-state index contributed by atoms with van der Waals surface area (Å²) in [4.78, 5) is -0.0914. The van der Waals surface area contributed by atoms with Crippen molar-refractivity contribution in [3.05, 3.63) is 65.2 Å². The first-order valence-corrected chi connectivity index (χ1v) is 8.34. The first kappa shape index (κ1) is 17.5. The third-order valence-corrected chi connectivity index (χ3v) is 4.91. The van der Waals surface area contributed by atoms with Crippen molar-refractivity contribution in [2.45, 2.75) is 24.3 Å². The van der Waals surface area contributed by atoms with Crippen molar-refractivity contribution in [3.63, 3.8) is 0 Å². The number of halogens is 2. The van der Waals surface area contributed by atoms with E-state index >= 15 is 0 Å². The van der Waals surface area contributed by atoms with Crippen LogP contribution in [0.25, 0.3) is 0 Å². The molecule has 2 rings (SSSR count). The lowest BCUT2D eigenvalue weighted by Crippen LogP contribution is -2.38. The first-order valence-electron chi connectivity index (χ1n) is 6.86. The molecule has 0 bridgehead atoms. The molecule has 0 heterocycles. The molecule has 2 aromatic carbocycles. The Hall–Kier alpha value is -1.83. The van der Waals surface area contributed by atoms with E-state index in [4.69, 9.17) is 0 Å². The fraction of sp³-hybridized carbons (Fsp3) is 0.250. The summed E-state index contributed by atoms with van der Waals surface area (Å²) in [5.41, 5.74) is -0.939. The van der Waals surface area contributed by atoms with Gasteiger partial charge in [-0.3, -0.25) is 0 Å². The fourth-order valence-electron chi connectivity index (χ4n) is 2.01. The van der Waals surface area contributed by atoms with E-state index in [1.165, 1.54) is 44.2 Å². The fourth-order valence-corrected chi connectivity index (χ4v) is 3.23. The number of hydrogen-bond acceptors (Lipinski definition) is 3. The molecule has 7 heteroatoms.